The van der Waals surface area contributed by atoms with Gasteiger partial charge in [0.25, 0.3) is 0 Å². The Morgan fingerprint density at radius 1 is 0.298 bits per heavy atom. The molecule has 6 aromatic rings. The van der Waals surface area contributed by atoms with Crippen LogP contribution in [0.15, 0.2) is 196 Å². The van der Waals surface area contributed by atoms with E-state index < -0.39 is 40.6 Å². The van der Waals surface area contributed by atoms with Gasteiger partial charge < -0.3 is 27.1 Å². The van der Waals surface area contributed by atoms with Crippen LogP contribution in [0.1, 0.15) is 0 Å². The minimum Gasteiger partial charge on any atom is -0.410 e. The smallest absolute Gasteiger partial charge is 0.410 e. The van der Waals surface area contributed by atoms with E-state index in [-0.39, 0.29) is 34.5 Å². The number of nitrogens with zero attached hydrogens (tertiary/aromatic N) is 3. The van der Waals surface area contributed by atoms with Crippen LogP contribution in [-0.2, 0) is 13.7 Å². The molecule has 0 bridgehead atoms. The normalized spacial score (nSPS) is 20.7. The predicted octanol–water partition coefficient (Wildman–Crippen LogP) is 16.6. The van der Waals surface area contributed by atoms with E-state index in [9.17, 15) is 0 Å². The molecular weight excluding hydrogens is 911 g/mol. The molecule has 57 heavy (non-hydrogen) atoms. The topological polar surface area (TPSA) is 144 Å². The van der Waals surface area contributed by atoms with Gasteiger partial charge in [-0.15, -0.1) is 0 Å². The first kappa shape index (κ1) is 41.5. The second-order valence-corrected chi connectivity index (χ2v) is 36.4. The molecule has 0 saturated carbocycles. The van der Waals surface area contributed by atoms with Crippen LogP contribution in [0.3, 0.4) is 0 Å². The summed E-state index contributed by atoms with van der Waals surface area (Å²) in [7, 11) is -15.2. The summed E-state index contributed by atoms with van der Waals surface area (Å²) in [5.41, 5.74) is 0. The van der Waals surface area contributed by atoms with Crippen LogP contribution in [-0.4, -0.2) is 0 Å². The Morgan fingerprint density at radius 2 is 0.439 bits per heavy atom. The van der Waals surface area contributed by atoms with E-state index in [1.807, 2.05) is 0 Å². The minimum atomic E-state index is -5.07. The van der Waals surface area contributed by atoms with E-state index in [0.717, 1.165) is 0 Å². The molecule has 294 valence electrons. The lowest BCUT2D eigenvalue weighted by molar-refractivity contribution is 0.405. The van der Waals surface area contributed by atoms with Gasteiger partial charge in [-0.05, 0) is 107 Å². The number of para-hydroxylation sites is 6. The van der Waals surface area contributed by atoms with E-state index in [1.165, 1.54) is 72.8 Å². The maximum atomic E-state index is 15.7. The fourth-order valence-electron chi connectivity index (χ4n) is 4.84. The molecule has 0 fully saturated rings. The van der Waals surface area contributed by atoms with Crippen molar-refractivity contribution in [2.45, 2.75) is 0 Å². The zero-order chi connectivity index (χ0) is 40.0. The fourth-order valence-corrected chi connectivity index (χ4v) is 42.4. The van der Waals surface area contributed by atoms with Gasteiger partial charge in [-0.2, -0.15) is 13.5 Å². The van der Waals surface area contributed by atoms with Gasteiger partial charge in [0.15, 0.2) is 0 Å². The molecule has 0 aromatic heterocycles. The van der Waals surface area contributed by atoms with Gasteiger partial charge in [0, 0.05) is 0 Å². The molecule has 0 amide bonds. The van der Waals surface area contributed by atoms with Crippen LogP contribution >= 0.6 is 74.3 Å². The van der Waals surface area contributed by atoms with Crippen molar-refractivity contribution in [3.8, 4) is 34.5 Å². The summed E-state index contributed by atoms with van der Waals surface area (Å²) in [6.07, 6.45) is -14.6. The summed E-state index contributed by atoms with van der Waals surface area (Å²) in [6, 6.07) is 47.6. The average molecular weight is 941 g/mol. The van der Waals surface area contributed by atoms with Crippen molar-refractivity contribution in [3.05, 3.63) is 182 Å². The number of hydrogen-bond acceptors (Lipinski definition) is 12. The summed E-state index contributed by atoms with van der Waals surface area (Å²) in [6.45, 7) is 0. The van der Waals surface area contributed by atoms with Gasteiger partial charge in [-0.3, -0.25) is 0 Å². The van der Waals surface area contributed by atoms with Gasteiger partial charge in [-0.1, -0.05) is 109 Å². The van der Waals surface area contributed by atoms with Crippen LogP contribution in [0.4, 0.5) is 0 Å². The molecule has 1 aliphatic heterocycles. The quantitative estimate of drug-likeness (QED) is 0.0919. The maximum Gasteiger partial charge on any atom is 0.502 e. The molecule has 1 aliphatic rings. The number of hydrogen-bond donors (Lipinski definition) is 0. The molecule has 0 saturated heterocycles. The zero-order valence-corrected chi connectivity index (χ0v) is 36.8. The molecule has 12 nitrogen and oxygen atoms in total. The van der Waals surface area contributed by atoms with Gasteiger partial charge in [0.1, 0.15) is 34.5 Å². The van der Waals surface area contributed by atoms with Crippen LogP contribution in [0, 0.1) is 0 Å². The van der Waals surface area contributed by atoms with Gasteiger partial charge in [0.05, 0.1) is 0 Å². The molecule has 0 N–H and O–H groups in total. The van der Waals surface area contributed by atoms with Crippen molar-refractivity contribution in [1.82, 2.24) is 0 Å². The first-order chi connectivity index (χ1) is 27.3. The number of rotatable bonds is 15. The van der Waals surface area contributed by atoms with E-state index >= 15 is 13.7 Å². The second kappa shape index (κ2) is 17.3. The highest BCUT2D eigenvalue weighted by Gasteiger charge is 2.63. The summed E-state index contributed by atoms with van der Waals surface area (Å²) in [5, 5.41) is 0. The van der Waals surface area contributed by atoms with Gasteiger partial charge >= 0.3 is 40.6 Å². The van der Waals surface area contributed by atoms with Gasteiger partial charge in [0.2, 0.25) is 0 Å². The molecule has 7 rings (SSSR count). The summed E-state index contributed by atoms with van der Waals surface area (Å²) in [4.78, 5) is 0. The molecule has 0 spiro atoms. The highest BCUT2D eigenvalue weighted by atomic mass is 35.7. The Morgan fingerprint density at radius 3 is 0.579 bits per heavy atom. The maximum absolute atomic E-state index is 15.7. The van der Waals surface area contributed by atoms with Crippen molar-refractivity contribution >= 4 is 74.3 Å². The zero-order valence-electron chi connectivity index (χ0n) is 29.2. The van der Waals surface area contributed by atoms with Crippen molar-refractivity contribution in [2.75, 3.05) is 0 Å². The largest absolute Gasteiger partial charge is 0.502 e. The average Bonchev–Trinajstić information content (AvgIpc) is 3.19. The van der Waals surface area contributed by atoms with Gasteiger partial charge in [-0.25, -0.2) is 13.7 Å². The van der Waals surface area contributed by atoms with E-state index in [2.05, 4.69) is 13.5 Å². The van der Waals surface area contributed by atoms with Crippen LogP contribution in [0.25, 0.3) is 0 Å². The Kier molecular flexibility index (Phi) is 12.6. The summed E-state index contributed by atoms with van der Waals surface area (Å²) in [5.74, 6) is 0.140. The third-order valence-corrected chi connectivity index (χ3v) is 37.4. The standard InChI is InChI=1S/C36H30Cl3N3O9P6/c37-52(55(43,46-31-19-7-1-8-20-31)47-32-21-9-2-10-22-32)40-53(38,56(44,48-33-23-11-3-12-24-33)49-34-25-13-4-14-26-34)42-54(39,41-52)57(45,50-35-27-15-5-16-28-35)51-36-29-17-6-18-30-36/h1-30H. The monoisotopic (exact) mass is 939 g/mol. The lowest BCUT2D eigenvalue weighted by Gasteiger charge is -2.34. The third-order valence-electron chi connectivity index (χ3n) is 7.40. The molecule has 0 unspecified atom stereocenters. The SMILES string of the molecule is O=P(Oc1ccccc1)(Oc1ccccc1)P1(Cl)=NP(Cl)(P(=O)(Oc2ccccc2)Oc2ccccc2)=NP(Cl)(P(=O)(Oc2ccccc2)Oc2ccccc2)=N1. The molecule has 1 heterocycles. The summed E-state index contributed by atoms with van der Waals surface area (Å²) >= 11 is 22.5. The third kappa shape index (κ3) is 9.32. The Hall–Kier alpha value is -3.63. The van der Waals surface area contributed by atoms with Crippen molar-refractivity contribution in [3.63, 3.8) is 0 Å². The number of halogens is 3. The summed E-state index contributed by atoms with van der Waals surface area (Å²) < 4.78 is 97.7. The van der Waals surface area contributed by atoms with Crippen molar-refractivity contribution in [2.24, 2.45) is 13.5 Å². The Bertz CT molecular complexity index is 2210. The molecule has 0 atom stereocenters. The van der Waals surface area contributed by atoms with E-state index in [1.54, 1.807) is 109 Å². The molecule has 6 aromatic carbocycles. The lowest BCUT2D eigenvalue weighted by atomic mass is 10.3. The van der Waals surface area contributed by atoms with Crippen LogP contribution in [0.5, 0.6) is 34.5 Å². The highest BCUT2D eigenvalue weighted by Crippen LogP contribution is 3.06. The predicted molar refractivity (Wildman–Crippen MR) is 231 cm³/mol. The van der Waals surface area contributed by atoms with Crippen LogP contribution in [0.2, 0.25) is 0 Å². The fraction of sp³-hybridized carbons (Fsp3) is 0. The first-order valence-corrected chi connectivity index (χ1v) is 31.2. The Balaban J connectivity index is 1.55. The van der Waals surface area contributed by atoms with Crippen LogP contribution < -0.4 is 27.1 Å². The number of benzene rings is 6. The second-order valence-electron chi connectivity index (χ2n) is 11.6. The van der Waals surface area contributed by atoms with E-state index in [0.29, 0.717) is 0 Å². The first-order valence-electron chi connectivity index (χ1n) is 16.6. The minimum absolute atomic E-state index is 0.0234. The van der Waals surface area contributed by atoms with E-state index in [4.69, 9.17) is 60.9 Å². The molecule has 21 heteroatoms. The molecule has 0 aliphatic carbocycles. The lowest BCUT2D eigenvalue weighted by Crippen LogP contribution is -2.05. The van der Waals surface area contributed by atoms with Crippen molar-refractivity contribution < 1.29 is 40.8 Å². The van der Waals surface area contributed by atoms with Crippen molar-refractivity contribution in [1.29, 1.82) is 0 Å². The molecular formula is C36H30Cl3N3O9P6. The highest BCUT2D eigenvalue weighted by molar-refractivity contribution is 8.56. The Labute approximate surface area is 343 Å². The molecule has 0 radical (unpaired) electrons.